The number of hydrogen-bond donors (Lipinski definition) is 2. The zero-order chi connectivity index (χ0) is 23.4. The molecule has 7 nitrogen and oxygen atoms in total. The van der Waals surface area contributed by atoms with Crippen LogP contribution in [0.15, 0.2) is 78.6 Å². The van der Waals surface area contributed by atoms with E-state index in [1.807, 2.05) is 31.2 Å². The molecule has 0 bridgehead atoms. The smallest absolute Gasteiger partial charge is 0.339 e. The number of esters is 1. The van der Waals surface area contributed by atoms with Crippen molar-refractivity contribution in [1.29, 1.82) is 5.26 Å². The number of rotatable bonds is 6. The van der Waals surface area contributed by atoms with Gasteiger partial charge in [0.1, 0.15) is 18.2 Å². The summed E-state index contributed by atoms with van der Waals surface area (Å²) in [7, 11) is 0. The van der Waals surface area contributed by atoms with Crippen LogP contribution >= 0.6 is 0 Å². The van der Waals surface area contributed by atoms with E-state index in [4.69, 9.17) is 4.74 Å². The first-order valence-corrected chi connectivity index (χ1v) is 10.1. The average Bonchev–Trinajstić information content (AvgIpc) is 3.26. The molecule has 0 spiro atoms. The molecule has 0 unspecified atom stereocenters. The quantitative estimate of drug-likeness (QED) is 0.195. The van der Waals surface area contributed by atoms with E-state index < -0.39 is 18.3 Å². The van der Waals surface area contributed by atoms with Crippen LogP contribution in [0, 0.1) is 18.3 Å². The number of aromatic amines is 1. The second-order valence-corrected chi connectivity index (χ2v) is 7.35. The number of ketones is 1. The summed E-state index contributed by atoms with van der Waals surface area (Å²) in [5, 5.41) is 19.9. The topological polar surface area (TPSA) is 116 Å². The molecule has 0 saturated carbocycles. The number of hydrogen-bond acceptors (Lipinski definition) is 6. The Morgan fingerprint density at radius 2 is 1.67 bits per heavy atom. The van der Waals surface area contributed by atoms with Crippen LogP contribution in [0.3, 0.4) is 0 Å². The molecule has 1 heterocycles. The number of para-hydroxylation sites is 2. The van der Waals surface area contributed by atoms with Gasteiger partial charge in [0.25, 0.3) is 0 Å². The number of aryl methyl sites for hydroxylation is 1. The van der Waals surface area contributed by atoms with Gasteiger partial charge in [-0.2, -0.15) is 5.26 Å². The Kier molecular flexibility index (Phi) is 6.00. The minimum absolute atomic E-state index is 0.0677. The number of aromatic nitrogens is 2. The Morgan fingerprint density at radius 3 is 2.36 bits per heavy atom. The molecule has 0 aliphatic rings. The first-order valence-electron chi connectivity index (χ1n) is 10.1. The number of fused-ring (bicyclic) bond motifs is 1. The number of ether oxygens (including phenoxy) is 1. The number of carbonyl (C=O) groups excluding carboxylic acids is 2. The van der Waals surface area contributed by atoms with Crippen molar-refractivity contribution in [2.45, 2.75) is 6.92 Å². The zero-order valence-electron chi connectivity index (χ0n) is 17.7. The summed E-state index contributed by atoms with van der Waals surface area (Å²) in [6.07, 6.45) is 0. The molecule has 4 aromatic rings. The molecule has 0 saturated heterocycles. The summed E-state index contributed by atoms with van der Waals surface area (Å²) in [5.74, 6) is -1.39. The lowest BCUT2D eigenvalue weighted by molar-refractivity contribution is 0.0500. The molecule has 0 amide bonds. The van der Waals surface area contributed by atoms with Crippen LogP contribution in [-0.2, 0) is 4.74 Å². The van der Waals surface area contributed by atoms with E-state index in [2.05, 4.69) is 9.97 Å². The van der Waals surface area contributed by atoms with Crippen LogP contribution in [0.5, 0.6) is 0 Å². The van der Waals surface area contributed by atoms with Crippen molar-refractivity contribution in [3.05, 3.63) is 107 Å². The van der Waals surface area contributed by atoms with Crippen molar-refractivity contribution in [1.82, 2.24) is 9.97 Å². The summed E-state index contributed by atoms with van der Waals surface area (Å²) in [6.45, 7) is 1.37. The number of nitrogens with zero attached hydrogens (tertiary/aromatic N) is 2. The van der Waals surface area contributed by atoms with Gasteiger partial charge < -0.3 is 14.8 Å². The highest BCUT2D eigenvalue weighted by molar-refractivity contribution is 6.14. The monoisotopic (exact) mass is 437 g/mol. The number of nitrogens with one attached hydrogen (secondary N) is 1. The van der Waals surface area contributed by atoms with Crippen LogP contribution in [0.25, 0.3) is 16.6 Å². The van der Waals surface area contributed by atoms with Gasteiger partial charge in [-0.3, -0.25) is 4.79 Å². The van der Waals surface area contributed by atoms with Gasteiger partial charge in [0.2, 0.25) is 0 Å². The molecule has 0 aliphatic carbocycles. The van der Waals surface area contributed by atoms with Gasteiger partial charge in [-0.1, -0.05) is 60.2 Å². The third-order valence-corrected chi connectivity index (χ3v) is 5.07. The lowest BCUT2D eigenvalue weighted by Crippen LogP contribution is -2.14. The van der Waals surface area contributed by atoms with E-state index in [9.17, 15) is 20.0 Å². The molecule has 7 heteroatoms. The largest absolute Gasteiger partial charge is 0.507 e. The van der Waals surface area contributed by atoms with Crippen LogP contribution in [0.4, 0.5) is 0 Å². The third kappa shape index (κ3) is 4.50. The summed E-state index contributed by atoms with van der Waals surface area (Å²) in [5.41, 5.74) is 2.91. The predicted octanol–water partition coefficient (Wildman–Crippen LogP) is 4.75. The van der Waals surface area contributed by atoms with Crippen LogP contribution in [-0.4, -0.2) is 33.4 Å². The molecular formula is C26H19N3O4. The number of allylic oxidation sites excluding steroid dienone is 1. The number of aliphatic hydroxyl groups excluding tert-OH is 1. The first kappa shape index (κ1) is 21.5. The van der Waals surface area contributed by atoms with E-state index >= 15 is 0 Å². The molecule has 2 N–H and O–H groups in total. The van der Waals surface area contributed by atoms with Crippen LogP contribution in [0.1, 0.15) is 37.7 Å². The van der Waals surface area contributed by atoms with Crippen molar-refractivity contribution in [2.24, 2.45) is 0 Å². The molecule has 0 aliphatic heterocycles. The highest BCUT2D eigenvalue weighted by Crippen LogP contribution is 2.20. The maximum absolute atomic E-state index is 12.9. The minimum atomic E-state index is -0.792. The fraction of sp³-hybridized carbons (Fsp3) is 0.0769. The molecule has 0 fully saturated rings. The van der Waals surface area contributed by atoms with Crippen molar-refractivity contribution in [2.75, 3.05) is 6.61 Å². The minimum Gasteiger partial charge on any atom is -0.507 e. The van der Waals surface area contributed by atoms with Gasteiger partial charge in [0.05, 0.1) is 16.6 Å². The predicted molar refractivity (Wildman–Crippen MR) is 123 cm³/mol. The lowest BCUT2D eigenvalue weighted by Gasteiger charge is -2.10. The zero-order valence-corrected chi connectivity index (χ0v) is 17.7. The van der Waals surface area contributed by atoms with E-state index in [1.165, 1.54) is 6.07 Å². The fourth-order valence-electron chi connectivity index (χ4n) is 3.33. The molecule has 4 rings (SSSR count). The molecule has 3 aromatic carbocycles. The van der Waals surface area contributed by atoms with Crippen molar-refractivity contribution in [3.8, 4) is 6.07 Å². The number of aliphatic hydroxyl groups is 1. The third-order valence-electron chi connectivity index (χ3n) is 5.07. The molecule has 1 aromatic heterocycles. The highest BCUT2D eigenvalue weighted by Gasteiger charge is 2.20. The highest BCUT2D eigenvalue weighted by atomic mass is 16.5. The first-order chi connectivity index (χ1) is 16.0. The Bertz CT molecular complexity index is 1390. The summed E-state index contributed by atoms with van der Waals surface area (Å²) >= 11 is 0. The molecule has 0 atom stereocenters. The summed E-state index contributed by atoms with van der Waals surface area (Å²) in [6, 6.07) is 22.4. The Morgan fingerprint density at radius 1 is 1.00 bits per heavy atom. The number of carbonyl (C=O) groups is 2. The Labute approximate surface area is 189 Å². The average molecular weight is 437 g/mol. The number of imidazole rings is 1. The van der Waals surface area contributed by atoms with Crippen LogP contribution < -0.4 is 0 Å². The van der Waals surface area contributed by atoms with Gasteiger partial charge in [0.15, 0.2) is 17.4 Å². The van der Waals surface area contributed by atoms with E-state index in [-0.39, 0.29) is 28.3 Å². The molecular weight excluding hydrogens is 418 g/mol. The maximum Gasteiger partial charge on any atom is 0.339 e. The SMILES string of the molecule is Cc1ccc(C(=O)c2ccccc2C(=O)OC/C(O)=C(\C#N)c2nc3ccccc3[nH]2)cc1. The Hall–Kier alpha value is -4.70. The van der Waals surface area contributed by atoms with Crippen LogP contribution in [0.2, 0.25) is 0 Å². The second-order valence-electron chi connectivity index (χ2n) is 7.35. The van der Waals surface area contributed by atoms with Gasteiger partial charge >= 0.3 is 5.97 Å². The van der Waals surface area contributed by atoms with Gasteiger partial charge in [0, 0.05) is 11.1 Å². The van der Waals surface area contributed by atoms with Gasteiger partial charge in [-0.25, -0.2) is 9.78 Å². The number of benzene rings is 3. The summed E-state index contributed by atoms with van der Waals surface area (Å²) in [4.78, 5) is 32.9. The van der Waals surface area contributed by atoms with E-state index in [0.29, 0.717) is 16.6 Å². The second kappa shape index (κ2) is 9.20. The normalized spacial score (nSPS) is 11.5. The van der Waals surface area contributed by atoms with Crippen molar-refractivity contribution in [3.63, 3.8) is 0 Å². The van der Waals surface area contributed by atoms with Gasteiger partial charge in [-0.15, -0.1) is 0 Å². The number of nitriles is 1. The lowest BCUT2D eigenvalue weighted by atomic mass is 9.98. The Balaban J connectivity index is 1.55. The van der Waals surface area contributed by atoms with Gasteiger partial charge in [-0.05, 0) is 25.1 Å². The standard InChI is InChI=1S/C26H19N3O4/c1-16-10-12-17(13-11-16)24(31)18-6-2-3-7-19(18)26(32)33-15-23(30)20(14-27)25-28-21-8-4-5-9-22(21)29-25/h2-13,30H,15H2,1H3,(H,28,29)/b23-20-. The van der Waals surface area contributed by atoms with E-state index in [1.54, 1.807) is 48.5 Å². The maximum atomic E-state index is 12.9. The number of H-pyrrole nitrogens is 1. The fourth-order valence-corrected chi connectivity index (χ4v) is 3.33. The molecule has 162 valence electrons. The van der Waals surface area contributed by atoms with E-state index in [0.717, 1.165) is 5.56 Å². The van der Waals surface area contributed by atoms with Crippen molar-refractivity contribution >= 4 is 28.4 Å². The van der Waals surface area contributed by atoms with Crippen molar-refractivity contribution < 1.29 is 19.4 Å². The molecule has 0 radical (unpaired) electrons. The summed E-state index contributed by atoms with van der Waals surface area (Å²) < 4.78 is 5.22. The molecule has 33 heavy (non-hydrogen) atoms.